The van der Waals surface area contributed by atoms with E-state index in [0.29, 0.717) is 15.6 Å². The van der Waals surface area contributed by atoms with Crippen LogP contribution in [0.5, 0.6) is 0 Å². The fraction of sp³-hybridized carbons (Fsp3) is 0.0435. The van der Waals surface area contributed by atoms with E-state index in [2.05, 4.69) is 5.32 Å². The minimum Gasteiger partial charge on any atom is -0.443 e. The van der Waals surface area contributed by atoms with E-state index in [0.717, 1.165) is 17.4 Å². The van der Waals surface area contributed by atoms with Gasteiger partial charge in [-0.25, -0.2) is 9.18 Å². The summed E-state index contributed by atoms with van der Waals surface area (Å²) in [6.45, 7) is 0. The Hall–Kier alpha value is -3.53. The van der Waals surface area contributed by atoms with Crippen LogP contribution in [0.25, 0.3) is 10.1 Å². The number of benzene rings is 3. The van der Waals surface area contributed by atoms with Gasteiger partial charge in [0.05, 0.1) is 9.95 Å². The van der Waals surface area contributed by atoms with Gasteiger partial charge in [0, 0.05) is 27.4 Å². The van der Waals surface area contributed by atoms with Crippen LogP contribution in [0.4, 0.5) is 15.8 Å². The summed E-state index contributed by atoms with van der Waals surface area (Å²) in [4.78, 5) is 36.5. The van der Waals surface area contributed by atoms with Crippen molar-refractivity contribution in [1.29, 1.82) is 0 Å². The van der Waals surface area contributed by atoms with Crippen molar-refractivity contribution in [2.45, 2.75) is 6.10 Å². The smallest absolute Gasteiger partial charge is 0.351 e. The van der Waals surface area contributed by atoms with Crippen LogP contribution in [0.3, 0.4) is 0 Å². The molecule has 0 aliphatic carbocycles. The normalized spacial score (nSPS) is 11.7. The molecule has 34 heavy (non-hydrogen) atoms. The molecule has 0 saturated carbocycles. The number of carbonyl (C=O) groups excluding carboxylic acids is 2. The second kappa shape index (κ2) is 9.76. The number of esters is 1. The first-order valence-electron chi connectivity index (χ1n) is 9.63. The summed E-state index contributed by atoms with van der Waals surface area (Å²) >= 11 is 13.1. The number of nitro groups is 1. The van der Waals surface area contributed by atoms with Crippen molar-refractivity contribution in [3.63, 3.8) is 0 Å². The Morgan fingerprint density at radius 3 is 2.50 bits per heavy atom. The lowest BCUT2D eigenvalue weighted by atomic mass is 10.1. The quantitative estimate of drug-likeness (QED) is 0.172. The number of fused-ring (bicyclic) bond motifs is 1. The molecule has 172 valence electrons. The molecule has 4 aromatic rings. The van der Waals surface area contributed by atoms with Gasteiger partial charge in [-0.1, -0.05) is 53.5 Å². The first-order valence-corrected chi connectivity index (χ1v) is 11.2. The fourth-order valence-corrected chi connectivity index (χ4v) is 4.77. The number of thiophene rings is 1. The van der Waals surface area contributed by atoms with Crippen LogP contribution in [0.1, 0.15) is 21.3 Å². The standard InChI is InChI=1S/C23H13Cl2FN2O5S/c24-16-9-7-14(11-17(16)28(31)32)27-22(29)20(12-4-2-1-3-5-12)33-23(30)21-19(25)15-8-6-13(26)10-18(15)34-21/h1-11,20H,(H,27,29). The van der Waals surface area contributed by atoms with E-state index in [-0.39, 0.29) is 20.6 Å². The Morgan fingerprint density at radius 2 is 1.79 bits per heavy atom. The van der Waals surface area contributed by atoms with E-state index < -0.39 is 34.4 Å². The molecular formula is C23H13Cl2FN2O5S. The minimum atomic E-state index is -1.40. The van der Waals surface area contributed by atoms with Crippen molar-refractivity contribution in [2.24, 2.45) is 0 Å². The van der Waals surface area contributed by atoms with Crippen molar-refractivity contribution in [3.05, 3.63) is 103 Å². The Morgan fingerprint density at radius 1 is 1.06 bits per heavy atom. The van der Waals surface area contributed by atoms with E-state index in [1.807, 2.05) is 0 Å². The molecule has 0 fully saturated rings. The molecule has 0 aliphatic rings. The summed E-state index contributed by atoms with van der Waals surface area (Å²) < 4.78 is 19.5. The molecule has 0 aliphatic heterocycles. The van der Waals surface area contributed by atoms with E-state index in [4.69, 9.17) is 27.9 Å². The third kappa shape index (κ3) is 4.86. The average Bonchev–Trinajstić information content (AvgIpc) is 3.14. The molecular weight excluding hydrogens is 506 g/mol. The number of carbonyl (C=O) groups is 2. The molecule has 1 N–H and O–H groups in total. The van der Waals surface area contributed by atoms with Crippen LogP contribution in [-0.2, 0) is 9.53 Å². The van der Waals surface area contributed by atoms with Gasteiger partial charge in [-0.05, 0) is 30.3 Å². The summed E-state index contributed by atoms with van der Waals surface area (Å²) in [5.41, 5.74) is 0.0607. The molecule has 0 radical (unpaired) electrons. The van der Waals surface area contributed by atoms with Crippen LogP contribution < -0.4 is 5.32 Å². The maximum absolute atomic E-state index is 13.6. The topological polar surface area (TPSA) is 98.5 Å². The third-order valence-electron chi connectivity index (χ3n) is 4.75. The van der Waals surface area contributed by atoms with Gasteiger partial charge >= 0.3 is 5.97 Å². The van der Waals surface area contributed by atoms with Gasteiger partial charge in [0.25, 0.3) is 11.6 Å². The number of rotatable bonds is 6. The van der Waals surface area contributed by atoms with Crippen LogP contribution in [-0.4, -0.2) is 16.8 Å². The van der Waals surface area contributed by atoms with Gasteiger partial charge in [0.15, 0.2) is 0 Å². The Labute approximate surface area is 205 Å². The summed E-state index contributed by atoms with van der Waals surface area (Å²) in [6.07, 6.45) is -1.40. The van der Waals surface area contributed by atoms with Crippen molar-refractivity contribution in [3.8, 4) is 0 Å². The van der Waals surface area contributed by atoms with Gasteiger partial charge < -0.3 is 10.1 Å². The molecule has 0 spiro atoms. The number of nitrogens with zero attached hydrogens (tertiary/aromatic N) is 1. The monoisotopic (exact) mass is 518 g/mol. The number of nitrogens with one attached hydrogen (secondary N) is 1. The lowest BCUT2D eigenvalue weighted by Gasteiger charge is -2.18. The molecule has 1 amide bonds. The molecule has 7 nitrogen and oxygen atoms in total. The second-order valence-corrected chi connectivity index (χ2v) is 8.83. The predicted molar refractivity (Wildman–Crippen MR) is 128 cm³/mol. The summed E-state index contributed by atoms with van der Waals surface area (Å²) in [5, 5.41) is 14.1. The average molecular weight is 519 g/mol. The fourth-order valence-electron chi connectivity index (χ4n) is 3.17. The SMILES string of the molecule is O=C(OC(C(=O)Nc1ccc(Cl)c([N+](=O)[O-])c1)c1ccccc1)c1sc2cc(F)ccc2c1Cl. The van der Waals surface area contributed by atoms with E-state index in [1.165, 1.54) is 30.3 Å². The van der Waals surface area contributed by atoms with Crippen molar-refractivity contribution < 1.29 is 23.6 Å². The van der Waals surface area contributed by atoms with Crippen LogP contribution >= 0.6 is 34.5 Å². The number of ether oxygens (including phenoxy) is 1. The zero-order valence-corrected chi connectivity index (χ0v) is 19.3. The Kier molecular flexibility index (Phi) is 6.78. The number of amides is 1. The lowest BCUT2D eigenvalue weighted by molar-refractivity contribution is -0.384. The highest BCUT2D eigenvalue weighted by Gasteiger charge is 2.29. The molecule has 4 rings (SSSR count). The number of halogens is 3. The molecule has 1 atom stereocenters. The van der Waals surface area contributed by atoms with E-state index in [9.17, 15) is 24.1 Å². The molecule has 1 heterocycles. The van der Waals surface area contributed by atoms with Gasteiger partial charge in [-0.15, -0.1) is 11.3 Å². The highest BCUT2D eigenvalue weighted by atomic mass is 35.5. The van der Waals surface area contributed by atoms with Gasteiger partial charge in [-0.2, -0.15) is 0 Å². The van der Waals surface area contributed by atoms with Crippen LogP contribution in [0, 0.1) is 15.9 Å². The molecule has 3 aromatic carbocycles. The highest BCUT2D eigenvalue weighted by molar-refractivity contribution is 7.21. The Balaban J connectivity index is 1.64. The molecule has 0 saturated heterocycles. The first kappa shape index (κ1) is 23.6. The molecule has 11 heteroatoms. The zero-order chi connectivity index (χ0) is 24.4. The minimum absolute atomic E-state index is 0.0122. The van der Waals surface area contributed by atoms with E-state index in [1.54, 1.807) is 30.3 Å². The van der Waals surface area contributed by atoms with Crippen molar-refractivity contribution >= 4 is 67.9 Å². The second-order valence-electron chi connectivity index (χ2n) is 6.99. The number of hydrogen-bond donors (Lipinski definition) is 1. The maximum Gasteiger partial charge on any atom is 0.351 e. The van der Waals surface area contributed by atoms with Crippen molar-refractivity contribution in [1.82, 2.24) is 0 Å². The van der Waals surface area contributed by atoms with Gasteiger partial charge in [0.1, 0.15) is 15.7 Å². The zero-order valence-electron chi connectivity index (χ0n) is 17.0. The molecule has 1 unspecified atom stereocenters. The third-order valence-corrected chi connectivity index (χ3v) is 6.71. The van der Waals surface area contributed by atoms with Gasteiger partial charge in [-0.3, -0.25) is 14.9 Å². The highest BCUT2D eigenvalue weighted by Crippen LogP contribution is 2.37. The first-order chi connectivity index (χ1) is 16.2. The van der Waals surface area contributed by atoms with Crippen LogP contribution in [0.15, 0.2) is 66.7 Å². The summed E-state index contributed by atoms with van der Waals surface area (Å²) in [7, 11) is 0. The Bertz CT molecular complexity index is 1430. The van der Waals surface area contributed by atoms with Crippen molar-refractivity contribution in [2.75, 3.05) is 5.32 Å². The molecule has 1 aromatic heterocycles. The molecule has 0 bridgehead atoms. The maximum atomic E-state index is 13.6. The number of anilines is 1. The predicted octanol–water partition coefficient (Wildman–Crippen LogP) is 6.79. The summed E-state index contributed by atoms with van der Waals surface area (Å²) in [6, 6.07) is 15.9. The van der Waals surface area contributed by atoms with Crippen LogP contribution in [0.2, 0.25) is 10.0 Å². The lowest BCUT2D eigenvalue weighted by Crippen LogP contribution is -2.25. The van der Waals surface area contributed by atoms with E-state index >= 15 is 0 Å². The number of nitro benzene ring substituents is 1. The largest absolute Gasteiger partial charge is 0.443 e. The summed E-state index contributed by atoms with van der Waals surface area (Å²) in [5.74, 6) is -2.11. The number of hydrogen-bond acceptors (Lipinski definition) is 6. The van der Waals surface area contributed by atoms with Gasteiger partial charge in [0.2, 0.25) is 6.10 Å².